The summed E-state index contributed by atoms with van der Waals surface area (Å²) < 4.78 is 11.2. The molecule has 0 aromatic carbocycles. The zero-order valence-electron chi connectivity index (χ0n) is 15.8. The SMILES string of the molecule is CCNC(=NCCCOC1CCOCC1)NC1CCN(C(=O)CC)C1. The third kappa shape index (κ3) is 7.20. The van der Waals surface area contributed by atoms with Crippen LogP contribution < -0.4 is 10.6 Å². The van der Waals surface area contributed by atoms with E-state index in [2.05, 4.69) is 22.5 Å². The molecule has 1 unspecified atom stereocenters. The van der Waals surface area contributed by atoms with Crippen molar-refractivity contribution in [3.63, 3.8) is 0 Å². The molecule has 1 amide bonds. The fourth-order valence-electron chi connectivity index (χ4n) is 3.19. The number of ether oxygens (including phenoxy) is 2. The summed E-state index contributed by atoms with van der Waals surface area (Å²) in [4.78, 5) is 18.3. The second-order valence-electron chi connectivity index (χ2n) is 6.62. The lowest BCUT2D eigenvalue weighted by atomic mass is 10.1. The van der Waals surface area contributed by atoms with Crippen molar-refractivity contribution in [3.05, 3.63) is 0 Å². The lowest BCUT2D eigenvalue weighted by Gasteiger charge is -2.22. The van der Waals surface area contributed by atoms with Crippen LogP contribution >= 0.6 is 0 Å². The summed E-state index contributed by atoms with van der Waals surface area (Å²) in [7, 11) is 0. The van der Waals surface area contributed by atoms with E-state index in [1.54, 1.807) is 0 Å². The number of hydrogen-bond donors (Lipinski definition) is 2. The summed E-state index contributed by atoms with van der Waals surface area (Å²) in [5.74, 6) is 1.07. The molecule has 0 radical (unpaired) electrons. The van der Waals surface area contributed by atoms with Crippen LogP contribution in [0.5, 0.6) is 0 Å². The first kappa shape index (κ1) is 20.0. The topological polar surface area (TPSA) is 75.2 Å². The van der Waals surface area contributed by atoms with E-state index in [-0.39, 0.29) is 11.9 Å². The molecule has 7 heteroatoms. The molecule has 2 aliphatic rings. The molecule has 144 valence electrons. The number of carbonyl (C=O) groups is 1. The van der Waals surface area contributed by atoms with Gasteiger partial charge in [0.25, 0.3) is 0 Å². The van der Waals surface area contributed by atoms with E-state index in [4.69, 9.17) is 9.47 Å². The van der Waals surface area contributed by atoms with Crippen molar-refractivity contribution in [2.75, 3.05) is 46.0 Å². The first-order valence-electron chi connectivity index (χ1n) is 9.74. The summed E-state index contributed by atoms with van der Waals surface area (Å²) in [6.45, 7) is 9.52. The molecular weight excluding hydrogens is 320 g/mol. The van der Waals surface area contributed by atoms with Crippen molar-refractivity contribution in [1.29, 1.82) is 0 Å². The zero-order chi connectivity index (χ0) is 17.9. The number of guanidine groups is 1. The first-order valence-corrected chi connectivity index (χ1v) is 9.74. The van der Waals surface area contributed by atoms with Gasteiger partial charge in [0, 0.05) is 58.5 Å². The normalized spacial score (nSPS) is 22.2. The van der Waals surface area contributed by atoms with Crippen LogP contribution in [0.1, 0.15) is 46.0 Å². The molecule has 0 spiro atoms. The molecule has 2 saturated heterocycles. The number of amides is 1. The molecule has 0 aromatic rings. The average Bonchev–Trinajstić information content (AvgIpc) is 3.10. The smallest absolute Gasteiger partial charge is 0.222 e. The Morgan fingerprint density at radius 2 is 2.08 bits per heavy atom. The molecule has 2 fully saturated rings. The molecular formula is C18H34N4O3. The fraction of sp³-hybridized carbons (Fsp3) is 0.889. The van der Waals surface area contributed by atoms with E-state index >= 15 is 0 Å². The lowest BCUT2D eigenvalue weighted by molar-refractivity contribution is -0.129. The predicted molar refractivity (Wildman–Crippen MR) is 98.8 cm³/mol. The zero-order valence-corrected chi connectivity index (χ0v) is 15.8. The summed E-state index contributed by atoms with van der Waals surface area (Å²) in [6, 6.07) is 0.284. The molecule has 0 bridgehead atoms. The minimum absolute atomic E-state index is 0.233. The minimum Gasteiger partial charge on any atom is -0.381 e. The third-order valence-corrected chi connectivity index (χ3v) is 4.62. The maximum Gasteiger partial charge on any atom is 0.222 e. The molecule has 0 aliphatic carbocycles. The molecule has 25 heavy (non-hydrogen) atoms. The van der Waals surface area contributed by atoms with Crippen molar-refractivity contribution in [1.82, 2.24) is 15.5 Å². The quantitative estimate of drug-likeness (QED) is 0.388. The molecule has 1 atom stereocenters. The third-order valence-electron chi connectivity index (χ3n) is 4.62. The number of likely N-dealkylation sites (tertiary alicyclic amines) is 1. The Hall–Kier alpha value is -1.34. The number of nitrogens with one attached hydrogen (secondary N) is 2. The Kier molecular flexibility index (Phi) is 9.04. The second kappa shape index (κ2) is 11.3. The highest BCUT2D eigenvalue weighted by atomic mass is 16.5. The highest BCUT2D eigenvalue weighted by molar-refractivity contribution is 5.80. The van der Waals surface area contributed by atoms with Crippen LogP contribution in [-0.2, 0) is 14.3 Å². The number of hydrogen-bond acceptors (Lipinski definition) is 4. The van der Waals surface area contributed by atoms with Gasteiger partial charge in [-0.3, -0.25) is 9.79 Å². The van der Waals surface area contributed by atoms with Gasteiger partial charge in [-0.05, 0) is 32.6 Å². The van der Waals surface area contributed by atoms with Crippen LogP contribution in [0.3, 0.4) is 0 Å². The van der Waals surface area contributed by atoms with Crippen molar-refractivity contribution in [3.8, 4) is 0 Å². The molecule has 0 aromatic heterocycles. The Morgan fingerprint density at radius 3 is 2.80 bits per heavy atom. The van der Waals surface area contributed by atoms with E-state index in [1.165, 1.54) is 0 Å². The number of carbonyl (C=O) groups excluding carboxylic acids is 1. The van der Waals surface area contributed by atoms with Crippen LogP contribution in [-0.4, -0.2) is 74.9 Å². The van der Waals surface area contributed by atoms with Crippen molar-refractivity contribution < 1.29 is 14.3 Å². The van der Waals surface area contributed by atoms with E-state index in [1.807, 2.05) is 11.8 Å². The monoisotopic (exact) mass is 354 g/mol. The number of nitrogens with zero attached hydrogens (tertiary/aromatic N) is 2. The van der Waals surface area contributed by atoms with Gasteiger partial charge < -0.3 is 25.0 Å². The van der Waals surface area contributed by atoms with E-state index in [0.29, 0.717) is 12.5 Å². The first-order chi connectivity index (χ1) is 12.2. The van der Waals surface area contributed by atoms with Gasteiger partial charge in [-0.2, -0.15) is 0 Å². The van der Waals surface area contributed by atoms with Crippen molar-refractivity contribution in [2.45, 2.75) is 58.1 Å². The van der Waals surface area contributed by atoms with Gasteiger partial charge in [0.2, 0.25) is 5.91 Å². The summed E-state index contributed by atoms with van der Waals surface area (Å²) in [6.07, 6.45) is 4.82. The average molecular weight is 354 g/mol. The minimum atomic E-state index is 0.233. The number of aliphatic imine (C=N–C) groups is 1. The van der Waals surface area contributed by atoms with Gasteiger partial charge >= 0.3 is 0 Å². The Bertz CT molecular complexity index is 425. The largest absolute Gasteiger partial charge is 0.381 e. The van der Waals surface area contributed by atoms with E-state index in [9.17, 15) is 4.79 Å². The van der Waals surface area contributed by atoms with Crippen LogP contribution in [0.4, 0.5) is 0 Å². The van der Waals surface area contributed by atoms with E-state index in [0.717, 1.165) is 77.6 Å². The van der Waals surface area contributed by atoms with Gasteiger partial charge in [0.1, 0.15) is 0 Å². The highest BCUT2D eigenvalue weighted by Gasteiger charge is 2.25. The van der Waals surface area contributed by atoms with Gasteiger partial charge in [-0.1, -0.05) is 6.92 Å². The summed E-state index contributed by atoms with van der Waals surface area (Å²) in [5.41, 5.74) is 0. The molecule has 7 nitrogen and oxygen atoms in total. The van der Waals surface area contributed by atoms with Gasteiger partial charge in [0.15, 0.2) is 5.96 Å². The van der Waals surface area contributed by atoms with Crippen molar-refractivity contribution in [2.24, 2.45) is 4.99 Å². The second-order valence-corrected chi connectivity index (χ2v) is 6.62. The fourth-order valence-corrected chi connectivity index (χ4v) is 3.19. The molecule has 2 heterocycles. The van der Waals surface area contributed by atoms with Gasteiger partial charge in [-0.15, -0.1) is 0 Å². The lowest BCUT2D eigenvalue weighted by Crippen LogP contribution is -2.45. The summed E-state index contributed by atoms with van der Waals surface area (Å²) in [5, 5.41) is 6.74. The molecule has 2 N–H and O–H groups in total. The maximum absolute atomic E-state index is 11.8. The molecule has 0 saturated carbocycles. The summed E-state index contributed by atoms with van der Waals surface area (Å²) >= 11 is 0. The van der Waals surface area contributed by atoms with Crippen LogP contribution in [0.25, 0.3) is 0 Å². The Balaban J connectivity index is 1.66. The Morgan fingerprint density at radius 1 is 1.28 bits per heavy atom. The maximum atomic E-state index is 11.8. The van der Waals surface area contributed by atoms with Gasteiger partial charge in [0.05, 0.1) is 6.10 Å². The van der Waals surface area contributed by atoms with Crippen LogP contribution in [0.2, 0.25) is 0 Å². The highest BCUT2D eigenvalue weighted by Crippen LogP contribution is 2.11. The predicted octanol–water partition coefficient (Wildman–Crippen LogP) is 1.14. The Labute approximate surface area is 151 Å². The van der Waals surface area contributed by atoms with Crippen molar-refractivity contribution >= 4 is 11.9 Å². The standard InChI is InChI=1S/C18H34N4O3/c1-3-17(23)22-10-6-15(14-22)21-18(19-4-2)20-9-5-11-25-16-7-12-24-13-8-16/h15-16H,3-14H2,1-2H3,(H2,19,20,21). The number of rotatable bonds is 8. The molecule has 2 aliphatic heterocycles. The van der Waals surface area contributed by atoms with Crippen LogP contribution in [0.15, 0.2) is 4.99 Å². The van der Waals surface area contributed by atoms with Gasteiger partial charge in [-0.25, -0.2) is 0 Å². The molecule has 2 rings (SSSR count). The van der Waals surface area contributed by atoms with Crippen LogP contribution in [0, 0.1) is 0 Å². The van der Waals surface area contributed by atoms with E-state index < -0.39 is 0 Å².